The normalized spacial score (nSPS) is 10.3. The first-order valence-electron chi connectivity index (χ1n) is 4.46. The first-order chi connectivity index (χ1) is 7.66. The number of nitrogens with one attached hydrogen (secondary N) is 1. The molecule has 0 aliphatic carbocycles. The first-order valence-corrected chi connectivity index (χ1v) is 5.66. The Labute approximate surface area is 105 Å². The lowest BCUT2D eigenvalue weighted by Gasteiger charge is -2.05. The van der Waals surface area contributed by atoms with Crippen molar-refractivity contribution >= 4 is 28.1 Å². The number of hydrogen-bond donors (Lipinski definition) is 2. The van der Waals surface area contributed by atoms with Crippen molar-refractivity contribution in [1.82, 2.24) is 14.9 Å². The molecule has 0 amide bonds. The first kappa shape index (κ1) is 11.2. The van der Waals surface area contributed by atoms with Crippen LogP contribution in [0.25, 0.3) is 0 Å². The second kappa shape index (κ2) is 4.67. The van der Waals surface area contributed by atoms with Gasteiger partial charge in [0.25, 0.3) is 0 Å². The van der Waals surface area contributed by atoms with Gasteiger partial charge in [-0.2, -0.15) is 5.10 Å². The van der Waals surface area contributed by atoms with Crippen LogP contribution in [0, 0.1) is 4.77 Å². The summed E-state index contributed by atoms with van der Waals surface area (Å²) in [7, 11) is 0. The van der Waals surface area contributed by atoms with Crippen LogP contribution >= 0.6 is 28.1 Å². The number of hydrogen-bond acceptors (Lipinski definition) is 4. The quantitative estimate of drug-likeness (QED) is 0.672. The van der Waals surface area contributed by atoms with E-state index in [1.54, 1.807) is 0 Å². The summed E-state index contributed by atoms with van der Waals surface area (Å²) in [4.78, 5) is 0. The molecule has 7 heteroatoms. The van der Waals surface area contributed by atoms with Crippen molar-refractivity contribution in [1.29, 1.82) is 0 Å². The number of nitrogens with zero attached hydrogens (tertiary/aromatic N) is 2. The minimum Gasteiger partial charge on any atom is -0.485 e. The van der Waals surface area contributed by atoms with Crippen molar-refractivity contribution in [3.63, 3.8) is 0 Å². The van der Waals surface area contributed by atoms with Crippen LogP contribution in [0.1, 0.15) is 5.82 Å². The van der Waals surface area contributed by atoms with Gasteiger partial charge in [0.15, 0.2) is 5.82 Å². The molecule has 0 saturated carbocycles. The van der Waals surface area contributed by atoms with Gasteiger partial charge >= 0.3 is 0 Å². The molecule has 5 nitrogen and oxygen atoms in total. The number of aromatic amines is 1. The van der Waals surface area contributed by atoms with Crippen LogP contribution in [-0.2, 0) is 6.61 Å². The summed E-state index contributed by atoms with van der Waals surface area (Å²) in [6.45, 7) is 0.264. The van der Waals surface area contributed by atoms with E-state index < -0.39 is 0 Å². The van der Waals surface area contributed by atoms with Crippen molar-refractivity contribution in [3.8, 4) is 5.75 Å². The number of benzene rings is 1. The third kappa shape index (κ3) is 2.42. The van der Waals surface area contributed by atoms with Crippen LogP contribution in [0.5, 0.6) is 5.75 Å². The molecule has 1 heterocycles. The van der Waals surface area contributed by atoms with Crippen molar-refractivity contribution in [2.24, 2.45) is 0 Å². The molecule has 0 spiro atoms. The monoisotopic (exact) mass is 300 g/mol. The SMILES string of the molecule is Nn1c(COc2cccc(Br)c2)n[nH]c1=S. The topological polar surface area (TPSA) is 68.9 Å². The average Bonchev–Trinajstić information content (AvgIpc) is 2.57. The van der Waals surface area contributed by atoms with E-state index >= 15 is 0 Å². The number of halogens is 1. The standard InChI is InChI=1S/C9H9BrN4OS/c10-6-2-1-3-7(4-6)15-5-8-12-13-9(16)14(8)11/h1-4H,5,11H2,(H,13,16). The van der Waals surface area contributed by atoms with Gasteiger partial charge < -0.3 is 10.6 Å². The summed E-state index contributed by atoms with van der Waals surface area (Å²) in [6, 6.07) is 7.53. The molecule has 2 rings (SSSR count). The Bertz CT molecular complexity index is 550. The number of nitrogen functional groups attached to an aromatic ring is 1. The molecule has 0 aliphatic rings. The van der Waals surface area contributed by atoms with Gasteiger partial charge in [-0.3, -0.25) is 5.10 Å². The molecule has 0 unspecified atom stereocenters. The molecule has 0 fully saturated rings. The Morgan fingerprint density at radius 1 is 1.56 bits per heavy atom. The fourth-order valence-electron chi connectivity index (χ4n) is 1.14. The van der Waals surface area contributed by atoms with Gasteiger partial charge in [-0.1, -0.05) is 22.0 Å². The van der Waals surface area contributed by atoms with Gasteiger partial charge in [0.2, 0.25) is 4.77 Å². The third-order valence-electron chi connectivity index (χ3n) is 1.94. The summed E-state index contributed by atoms with van der Waals surface area (Å²) in [5, 5.41) is 6.52. The molecule has 2 aromatic rings. The minimum atomic E-state index is 0.264. The van der Waals surface area contributed by atoms with Gasteiger partial charge in [0, 0.05) is 4.47 Å². The van der Waals surface area contributed by atoms with E-state index in [4.69, 9.17) is 22.8 Å². The third-order valence-corrected chi connectivity index (χ3v) is 2.72. The van der Waals surface area contributed by atoms with E-state index in [9.17, 15) is 0 Å². The zero-order valence-electron chi connectivity index (χ0n) is 8.18. The van der Waals surface area contributed by atoms with Gasteiger partial charge in [0.1, 0.15) is 12.4 Å². The molecular formula is C9H9BrN4OS. The van der Waals surface area contributed by atoms with Crippen LogP contribution in [-0.4, -0.2) is 14.9 Å². The van der Waals surface area contributed by atoms with E-state index in [0.29, 0.717) is 10.6 Å². The van der Waals surface area contributed by atoms with Crippen LogP contribution in [0.3, 0.4) is 0 Å². The highest BCUT2D eigenvalue weighted by Crippen LogP contribution is 2.18. The zero-order valence-corrected chi connectivity index (χ0v) is 10.6. The highest BCUT2D eigenvalue weighted by atomic mass is 79.9. The maximum absolute atomic E-state index is 5.63. The van der Waals surface area contributed by atoms with Crippen molar-refractivity contribution in [3.05, 3.63) is 39.3 Å². The summed E-state index contributed by atoms with van der Waals surface area (Å²) in [5.74, 6) is 6.91. The molecule has 0 saturated heterocycles. The van der Waals surface area contributed by atoms with E-state index in [0.717, 1.165) is 10.2 Å². The lowest BCUT2D eigenvalue weighted by Crippen LogP contribution is -2.14. The van der Waals surface area contributed by atoms with Gasteiger partial charge in [0.05, 0.1) is 0 Å². The van der Waals surface area contributed by atoms with E-state index in [-0.39, 0.29) is 6.61 Å². The maximum atomic E-state index is 5.63. The van der Waals surface area contributed by atoms with E-state index in [1.807, 2.05) is 24.3 Å². The van der Waals surface area contributed by atoms with Crippen molar-refractivity contribution < 1.29 is 4.74 Å². The average molecular weight is 301 g/mol. The smallest absolute Gasteiger partial charge is 0.214 e. The fraction of sp³-hybridized carbons (Fsp3) is 0.111. The molecule has 0 atom stereocenters. The van der Waals surface area contributed by atoms with Crippen molar-refractivity contribution in [2.75, 3.05) is 5.84 Å². The molecule has 0 aliphatic heterocycles. The van der Waals surface area contributed by atoms with Gasteiger partial charge in [-0.15, -0.1) is 0 Å². The summed E-state index contributed by atoms with van der Waals surface area (Å²) in [5.41, 5.74) is 0. The molecule has 84 valence electrons. The second-order valence-corrected chi connectivity index (χ2v) is 4.36. The van der Waals surface area contributed by atoms with Crippen molar-refractivity contribution in [2.45, 2.75) is 6.61 Å². The Morgan fingerprint density at radius 2 is 2.38 bits per heavy atom. The second-order valence-electron chi connectivity index (χ2n) is 3.06. The number of aromatic nitrogens is 3. The summed E-state index contributed by atoms with van der Waals surface area (Å²) >= 11 is 8.24. The Kier molecular flexibility index (Phi) is 3.25. The molecule has 1 aromatic heterocycles. The predicted molar refractivity (Wildman–Crippen MR) is 66.0 cm³/mol. The van der Waals surface area contributed by atoms with Crippen LogP contribution in [0.15, 0.2) is 28.7 Å². The molecule has 3 N–H and O–H groups in total. The number of ether oxygens (including phenoxy) is 1. The van der Waals surface area contributed by atoms with Gasteiger partial charge in [-0.05, 0) is 30.4 Å². The van der Waals surface area contributed by atoms with Crippen LogP contribution < -0.4 is 10.6 Å². The van der Waals surface area contributed by atoms with Gasteiger partial charge in [-0.25, -0.2) is 4.68 Å². The zero-order chi connectivity index (χ0) is 11.5. The Morgan fingerprint density at radius 3 is 3.00 bits per heavy atom. The number of nitrogens with two attached hydrogens (primary N) is 1. The fourth-order valence-corrected chi connectivity index (χ4v) is 1.67. The summed E-state index contributed by atoms with van der Waals surface area (Å²) < 4.78 is 8.12. The Balaban J connectivity index is 2.08. The van der Waals surface area contributed by atoms with E-state index in [1.165, 1.54) is 4.68 Å². The molecule has 0 bridgehead atoms. The minimum absolute atomic E-state index is 0.264. The predicted octanol–water partition coefficient (Wildman–Crippen LogP) is 2.00. The van der Waals surface area contributed by atoms with E-state index in [2.05, 4.69) is 26.1 Å². The lowest BCUT2D eigenvalue weighted by atomic mass is 10.3. The van der Waals surface area contributed by atoms with Crippen LogP contribution in [0.4, 0.5) is 0 Å². The Hall–Kier alpha value is -1.34. The largest absolute Gasteiger partial charge is 0.485 e. The summed E-state index contributed by atoms with van der Waals surface area (Å²) in [6.07, 6.45) is 0. The molecule has 1 aromatic carbocycles. The highest BCUT2D eigenvalue weighted by Gasteiger charge is 2.03. The van der Waals surface area contributed by atoms with Crippen LogP contribution in [0.2, 0.25) is 0 Å². The maximum Gasteiger partial charge on any atom is 0.214 e. The molecule has 0 radical (unpaired) electrons. The molecular weight excluding hydrogens is 292 g/mol. The number of H-pyrrole nitrogens is 1. The highest BCUT2D eigenvalue weighted by molar-refractivity contribution is 9.10. The molecule has 16 heavy (non-hydrogen) atoms. The number of rotatable bonds is 3. The lowest BCUT2D eigenvalue weighted by molar-refractivity contribution is 0.292.